The van der Waals surface area contributed by atoms with Gasteiger partial charge in [-0.05, 0) is 20.8 Å². The number of rotatable bonds is 0. The SMILES string of the molecule is CC1=CO[C@@H]2[C@H]3OC(C)(C)O[C@H]3O[C@@H]2CO1. The molecule has 4 atom stereocenters. The van der Waals surface area contributed by atoms with Crippen LogP contribution in [0.5, 0.6) is 0 Å². The average molecular weight is 228 g/mol. The summed E-state index contributed by atoms with van der Waals surface area (Å²) in [5.41, 5.74) is 0. The van der Waals surface area contributed by atoms with Gasteiger partial charge in [-0.15, -0.1) is 0 Å². The van der Waals surface area contributed by atoms with Gasteiger partial charge in [-0.25, -0.2) is 0 Å². The molecule has 5 nitrogen and oxygen atoms in total. The van der Waals surface area contributed by atoms with Gasteiger partial charge in [-0.2, -0.15) is 0 Å². The second-order valence-electron chi connectivity index (χ2n) is 4.78. The quantitative estimate of drug-likeness (QED) is 0.622. The fourth-order valence-electron chi connectivity index (χ4n) is 2.27. The highest BCUT2D eigenvalue weighted by molar-refractivity contribution is 4.98. The summed E-state index contributed by atoms with van der Waals surface area (Å²) in [6.45, 7) is 6.08. The van der Waals surface area contributed by atoms with Crippen molar-refractivity contribution in [3.63, 3.8) is 0 Å². The van der Waals surface area contributed by atoms with E-state index in [-0.39, 0.29) is 24.6 Å². The Morgan fingerprint density at radius 2 is 2.06 bits per heavy atom. The largest absolute Gasteiger partial charge is 0.492 e. The molecule has 0 unspecified atom stereocenters. The molecule has 0 aromatic heterocycles. The highest BCUT2D eigenvalue weighted by atomic mass is 16.8. The highest BCUT2D eigenvalue weighted by Gasteiger charge is 2.56. The minimum Gasteiger partial charge on any atom is -0.492 e. The molecule has 0 aliphatic carbocycles. The molecular weight excluding hydrogens is 212 g/mol. The number of fused-ring (bicyclic) bond motifs is 3. The third kappa shape index (κ3) is 1.59. The zero-order valence-electron chi connectivity index (χ0n) is 9.64. The van der Waals surface area contributed by atoms with E-state index in [0.29, 0.717) is 6.61 Å². The summed E-state index contributed by atoms with van der Waals surface area (Å²) in [5.74, 6) is 0.156. The Hall–Kier alpha value is -0.780. The molecule has 3 aliphatic heterocycles. The van der Waals surface area contributed by atoms with Gasteiger partial charge in [-0.3, -0.25) is 0 Å². The average Bonchev–Trinajstić information content (AvgIpc) is 2.56. The fourth-order valence-corrected chi connectivity index (χ4v) is 2.27. The van der Waals surface area contributed by atoms with Crippen LogP contribution in [0.1, 0.15) is 20.8 Å². The summed E-state index contributed by atoms with van der Waals surface area (Å²) < 4.78 is 28.2. The molecule has 3 aliphatic rings. The van der Waals surface area contributed by atoms with E-state index in [1.807, 2.05) is 20.8 Å². The standard InChI is InChI=1S/C11H16O5/c1-6-4-13-8-7(5-12-6)14-10-9(8)15-11(2,3)16-10/h4,7-10H,5H2,1-3H3/t7-,8+,9-,10-/m1/s1. The molecule has 0 bridgehead atoms. The molecule has 2 fully saturated rings. The first kappa shape index (κ1) is 10.4. The number of allylic oxidation sites excluding steroid dienone is 1. The van der Waals surface area contributed by atoms with Crippen LogP contribution >= 0.6 is 0 Å². The van der Waals surface area contributed by atoms with E-state index in [2.05, 4.69) is 0 Å². The van der Waals surface area contributed by atoms with Crippen molar-refractivity contribution >= 4 is 0 Å². The zero-order valence-corrected chi connectivity index (χ0v) is 9.64. The summed E-state index contributed by atoms with van der Waals surface area (Å²) in [6.07, 6.45) is 0.820. The van der Waals surface area contributed by atoms with Crippen molar-refractivity contribution in [2.24, 2.45) is 0 Å². The van der Waals surface area contributed by atoms with E-state index in [1.54, 1.807) is 6.26 Å². The molecule has 5 heteroatoms. The van der Waals surface area contributed by atoms with E-state index in [4.69, 9.17) is 23.7 Å². The van der Waals surface area contributed by atoms with Crippen molar-refractivity contribution in [1.29, 1.82) is 0 Å². The number of ether oxygens (including phenoxy) is 5. The Balaban J connectivity index is 1.79. The lowest BCUT2D eigenvalue weighted by Crippen LogP contribution is -2.36. The Bertz CT molecular complexity index is 324. The van der Waals surface area contributed by atoms with Gasteiger partial charge in [0.25, 0.3) is 0 Å². The Morgan fingerprint density at radius 1 is 1.25 bits per heavy atom. The van der Waals surface area contributed by atoms with Gasteiger partial charge < -0.3 is 23.7 Å². The fraction of sp³-hybridized carbons (Fsp3) is 0.818. The molecule has 0 N–H and O–H groups in total. The first-order chi connectivity index (χ1) is 7.55. The minimum atomic E-state index is -0.602. The summed E-state index contributed by atoms with van der Waals surface area (Å²) >= 11 is 0. The second-order valence-corrected chi connectivity index (χ2v) is 4.78. The molecule has 3 heterocycles. The Labute approximate surface area is 94.2 Å². The molecule has 2 saturated heterocycles. The third-order valence-corrected chi connectivity index (χ3v) is 2.95. The molecule has 0 saturated carbocycles. The van der Waals surface area contributed by atoms with Gasteiger partial charge in [0.1, 0.15) is 24.7 Å². The van der Waals surface area contributed by atoms with Crippen LogP contribution in [0.3, 0.4) is 0 Å². The number of hydrogen-bond acceptors (Lipinski definition) is 5. The summed E-state index contributed by atoms with van der Waals surface area (Å²) in [7, 11) is 0. The van der Waals surface area contributed by atoms with Crippen molar-refractivity contribution < 1.29 is 23.7 Å². The second kappa shape index (κ2) is 3.35. The molecule has 0 radical (unpaired) electrons. The lowest BCUT2D eigenvalue weighted by molar-refractivity contribution is -0.217. The lowest BCUT2D eigenvalue weighted by atomic mass is 10.1. The topological polar surface area (TPSA) is 46.2 Å². The Morgan fingerprint density at radius 3 is 2.88 bits per heavy atom. The zero-order chi connectivity index (χ0) is 11.3. The predicted octanol–water partition coefficient (Wildman–Crippen LogP) is 1.14. The maximum atomic E-state index is 5.78. The molecule has 90 valence electrons. The van der Waals surface area contributed by atoms with E-state index >= 15 is 0 Å². The van der Waals surface area contributed by atoms with Crippen molar-refractivity contribution in [2.45, 2.75) is 51.2 Å². The van der Waals surface area contributed by atoms with Gasteiger partial charge in [0.15, 0.2) is 24.3 Å². The minimum absolute atomic E-state index is 0.125. The van der Waals surface area contributed by atoms with Gasteiger partial charge in [0, 0.05) is 0 Å². The van der Waals surface area contributed by atoms with Crippen LogP contribution in [0.4, 0.5) is 0 Å². The molecule has 0 aromatic carbocycles. The molecular formula is C11H16O5. The summed E-state index contributed by atoms with van der Waals surface area (Å²) in [4.78, 5) is 0. The van der Waals surface area contributed by atoms with Crippen molar-refractivity contribution in [2.75, 3.05) is 6.61 Å². The van der Waals surface area contributed by atoms with E-state index in [0.717, 1.165) is 5.76 Å². The van der Waals surface area contributed by atoms with Crippen molar-refractivity contribution in [1.82, 2.24) is 0 Å². The van der Waals surface area contributed by atoms with Gasteiger partial charge in [0.2, 0.25) is 0 Å². The molecule has 16 heavy (non-hydrogen) atoms. The van der Waals surface area contributed by atoms with Crippen molar-refractivity contribution in [3.8, 4) is 0 Å². The van der Waals surface area contributed by atoms with Gasteiger partial charge >= 0.3 is 0 Å². The van der Waals surface area contributed by atoms with Crippen LogP contribution < -0.4 is 0 Å². The van der Waals surface area contributed by atoms with E-state index < -0.39 is 5.79 Å². The van der Waals surface area contributed by atoms with Crippen LogP contribution in [-0.2, 0) is 23.7 Å². The van der Waals surface area contributed by atoms with Crippen molar-refractivity contribution in [3.05, 3.63) is 12.0 Å². The maximum Gasteiger partial charge on any atom is 0.191 e. The Kier molecular flexibility index (Phi) is 2.18. The van der Waals surface area contributed by atoms with Crippen LogP contribution in [0, 0.1) is 0 Å². The first-order valence-electron chi connectivity index (χ1n) is 5.51. The molecule has 0 amide bonds. The highest BCUT2D eigenvalue weighted by Crippen LogP contribution is 2.39. The smallest absolute Gasteiger partial charge is 0.191 e. The van der Waals surface area contributed by atoms with Crippen LogP contribution in [-0.4, -0.2) is 37.0 Å². The predicted molar refractivity (Wildman–Crippen MR) is 53.3 cm³/mol. The first-order valence-corrected chi connectivity index (χ1v) is 5.51. The lowest BCUT2D eigenvalue weighted by Gasteiger charge is -2.23. The summed E-state index contributed by atoms with van der Waals surface area (Å²) in [6, 6.07) is 0. The van der Waals surface area contributed by atoms with Crippen LogP contribution in [0.2, 0.25) is 0 Å². The van der Waals surface area contributed by atoms with Crippen LogP contribution in [0.25, 0.3) is 0 Å². The van der Waals surface area contributed by atoms with Gasteiger partial charge in [0.05, 0.1) is 0 Å². The third-order valence-electron chi connectivity index (χ3n) is 2.95. The normalized spacial score (nSPS) is 44.8. The maximum absolute atomic E-state index is 5.78. The number of hydrogen-bond donors (Lipinski definition) is 0. The molecule has 0 spiro atoms. The van der Waals surface area contributed by atoms with Crippen LogP contribution in [0.15, 0.2) is 12.0 Å². The molecule has 0 aromatic rings. The molecule has 3 rings (SSSR count). The van der Waals surface area contributed by atoms with E-state index in [9.17, 15) is 0 Å². The van der Waals surface area contributed by atoms with E-state index in [1.165, 1.54) is 0 Å². The summed E-state index contributed by atoms with van der Waals surface area (Å²) in [5, 5.41) is 0. The van der Waals surface area contributed by atoms with Gasteiger partial charge in [-0.1, -0.05) is 0 Å². The monoisotopic (exact) mass is 228 g/mol.